The van der Waals surface area contributed by atoms with Crippen LogP contribution in [0, 0.1) is 11.8 Å². The molecule has 0 saturated carbocycles. The maximum Gasteiger partial charge on any atom is 0.306 e. The van der Waals surface area contributed by atoms with Crippen molar-refractivity contribution in [1.82, 2.24) is 0 Å². The van der Waals surface area contributed by atoms with Crippen LogP contribution in [-0.2, 0) is 19.1 Å². The van der Waals surface area contributed by atoms with E-state index in [1.165, 1.54) is 0 Å². The Bertz CT molecular complexity index is 386. The second-order valence-corrected chi connectivity index (χ2v) is 7.61. The van der Waals surface area contributed by atoms with E-state index < -0.39 is 0 Å². The van der Waals surface area contributed by atoms with Crippen LogP contribution >= 0.6 is 0 Å². The molecule has 2 saturated heterocycles. The third-order valence-corrected chi connectivity index (χ3v) is 5.24. The van der Waals surface area contributed by atoms with Gasteiger partial charge in [-0.3, -0.25) is 9.59 Å². The van der Waals surface area contributed by atoms with Crippen molar-refractivity contribution in [2.24, 2.45) is 11.8 Å². The first-order valence-electron chi connectivity index (χ1n) is 9.70. The summed E-state index contributed by atoms with van der Waals surface area (Å²) in [6, 6.07) is 0. The van der Waals surface area contributed by atoms with Gasteiger partial charge in [0.15, 0.2) is 0 Å². The summed E-state index contributed by atoms with van der Waals surface area (Å²) in [6.07, 6.45) is 7.79. The van der Waals surface area contributed by atoms with Gasteiger partial charge in [0.25, 0.3) is 0 Å². The number of esters is 2. The van der Waals surface area contributed by atoms with Crippen LogP contribution in [0.3, 0.4) is 0 Å². The van der Waals surface area contributed by atoms with Gasteiger partial charge < -0.3 is 19.7 Å². The summed E-state index contributed by atoms with van der Waals surface area (Å²) in [5.41, 5.74) is 0. The Morgan fingerprint density at radius 3 is 1.52 bits per heavy atom. The highest BCUT2D eigenvalue weighted by atomic mass is 16.5. The standard InChI is InChI=1S/C19H32O6/c20-16(6-1-4-14-10-18(22)24-12-14)8-3-9-17(21)7-2-5-15-11-19(23)25-13-15/h14-17,20-21H,1-13H2. The maximum absolute atomic E-state index is 11.0. The summed E-state index contributed by atoms with van der Waals surface area (Å²) in [7, 11) is 0. The zero-order valence-electron chi connectivity index (χ0n) is 15.0. The molecule has 4 unspecified atom stereocenters. The number of rotatable bonds is 12. The van der Waals surface area contributed by atoms with Crippen molar-refractivity contribution in [1.29, 1.82) is 0 Å². The number of hydrogen-bond donors (Lipinski definition) is 2. The maximum atomic E-state index is 11.0. The average molecular weight is 356 g/mol. The van der Waals surface area contributed by atoms with Crippen molar-refractivity contribution in [2.75, 3.05) is 13.2 Å². The number of aliphatic hydroxyl groups is 2. The van der Waals surface area contributed by atoms with Crippen molar-refractivity contribution in [2.45, 2.75) is 82.8 Å². The molecule has 0 bridgehead atoms. The fourth-order valence-electron chi connectivity index (χ4n) is 3.66. The lowest BCUT2D eigenvalue weighted by Gasteiger charge is -2.14. The monoisotopic (exact) mass is 356 g/mol. The van der Waals surface area contributed by atoms with E-state index in [1.807, 2.05) is 0 Å². The lowest BCUT2D eigenvalue weighted by Crippen LogP contribution is -2.12. The molecule has 2 aliphatic rings. The molecule has 2 heterocycles. The summed E-state index contributed by atoms with van der Waals surface area (Å²) >= 11 is 0. The van der Waals surface area contributed by atoms with Crippen molar-refractivity contribution >= 4 is 11.9 Å². The normalized spacial score (nSPS) is 25.7. The first kappa shape index (κ1) is 20.2. The predicted molar refractivity (Wildman–Crippen MR) is 91.7 cm³/mol. The minimum Gasteiger partial charge on any atom is -0.465 e. The van der Waals surface area contributed by atoms with Crippen LogP contribution in [0.1, 0.15) is 70.6 Å². The van der Waals surface area contributed by atoms with Gasteiger partial charge in [-0.1, -0.05) is 12.8 Å². The minimum absolute atomic E-state index is 0.105. The van der Waals surface area contributed by atoms with Gasteiger partial charge >= 0.3 is 11.9 Å². The number of ether oxygens (including phenoxy) is 2. The third kappa shape index (κ3) is 8.19. The van der Waals surface area contributed by atoms with Crippen molar-refractivity contribution < 1.29 is 29.3 Å². The van der Waals surface area contributed by atoms with Crippen LogP contribution in [-0.4, -0.2) is 47.6 Å². The molecule has 0 aromatic carbocycles. The molecular weight excluding hydrogens is 324 g/mol. The van der Waals surface area contributed by atoms with Crippen LogP contribution in [0.15, 0.2) is 0 Å². The van der Waals surface area contributed by atoms with E-state index >= 15 is 0 Å². The summed E-state index contributed by atoms with van der Waals surface area (Å²) in [5.74, 6) is 0.433. The highest BCUT2D eigenvalue weighted by molar-refractivity contribution is 5.71. The third-order valence-electron chi connectivity index (χ3n) is 5.24. The van der Waals surface area contributed by atoms with E-state index in [2.05, 4.69) is 0 Å². The molecule has 2 rings (SSSR count). The van der Waals surface area contributed by atoms with Crippen LogP contribution in [0.25, 0.3) is 0 Å². The Morgan fingerprint density at radius 2 is 1.16 bits per heavy atom. The van der Waals surface area contributed by atoms with Crippen molar-refractivity contribution in [3.05, 3.63) is 0 Å². The van der Waals surface area contributed by atoms with Crippen LogP contribution < -0.4 is 0 Å². The highest BCUT2D eigenvalue weighted by Crippen LogP contribution is 2.23. The van der Waals surface area contributed by atoms with Crippen LogP contribution in [0.4, 0.5) is 0 Å². The van der Waals surface area contributed by atoms with Crippen LogP contribution in [0.2, 0.25) is 0 Å². The summed E-state index contributed by atoms with van der Waals surface area (Å²) in [5, 5.41) is 20.0. The Morgan fingerprint density at radius 1 is 0.760 bits per heavy atom. The molecule has 2 N–H and O–H groups in total. The molecular formula is C19H32O6. The lowest BCUT2D eigenvalue weighted by molar-refractivity contribution is -0.138. The number of carbonyl (C=O) groups is 2. The molecule has 4 atom stereocenters. The van der Waals surface area contributed by atoms with Crippen molar-refractivity contribution in [3.8, 4) is 0 Å². The lowest BCUT2D eigenvalue weighted by atomic mass is 9.96. The molecule has 144 valence electrons. The first-order chi connectivity index (χ1) is 12.0. The molecule has 25 heavy (non-hydrogen) atoms. The van der Waals surface area contributed by atoms with E-state index in [1.54, 1.807) is 0 Å². The molecule has 2 aliphatic heterocycles. The molecule has 0 spiro atoms. The zero-order valence-corrected chi connectivity index (χ0v) is 15.0. The Hall–Kier alpha value is -1.14. The van der Waals surface area contributed by atoms with Gasteiger partial charge in [0.1, 0.15) is 0 Å². The molecule has 0 aromatic heterocycles. The summed E-state index contributed by atoms with van der Waals surface area (Å²) in [6.45, 7) is 1.06. The van der Waals surface area contributed by atoms with E-state index in [0.717, 1.165) is 44.9 Å². The zero-order chi connectivity index (χ0) is 18.1. The Kier molecular flexibility index (Phi) is 8.68. The smallest absolute Gasteiger partial charge is 0.306 e. The summed E-state index contributed by atoms with van der Waals surface area (Å²) < 4.78 is 9.86. The van der Waals surface area contributed by atoms with Gasteiger partial charge in [-0.2, -0.15) is 0 Å². The van der Waals surface area contributed by atoms with Gasteiger partial charge in [-0.25, -0.2) is 0 Å². The molecule has 0 amide bonds. The van der Waals surface area contributed by atoms with Gasteiger partial charge in [0.2, 0.25) is 0 Å². The number of carbonyl (C=O) groups excluding carboxylic acids is 2. The van der Waals surface area contributed by atoms with E-state index in [0.29, 0.717) is 50.7 Å². The van der Waals surface area contributed by atoms with E-state index in [-0.39, 0.29) is 24.1 Å². The molecule has 0 aromatic rings. The van der Waals surface area contributed by atoms with Crippen molar-refractivity contribution in [3.63, 3.8) is 0 Å². The molecule has 0 aliphatic carbocycles. The number of hydrogen-bond acceptors (Lipinski definition) is 6. The Balaban J connectivity index is 1.41. The quantitative estimate of drug-likeness (QED) is 0.521. The predicted octanol–water partition coefficient (Wildman–Crippen LogP) is 2.35. The molecule has 0 radical (unpaired) electrons. The van der Waals surface area contributed by atoms with Gasteiger partial charge in [0.05, 0.1) is 38.3 Å². The van der Waals surface area contributed by atoms with E-state index in [4.69, 9.17) is 9.47 Å². The van der Waals surface area contributed by atoms with Gasteiger partial charge in [-0.15, -0.1) is 0 Å². The average Bonchev–Trinajstić information content (AvgIpc) is 3.16. The fraction of sp³-hybridized carbons (Fsp3) is 0.895. The molecule has 6 nitrogen and oxygen atoms in total. The summed E-state index contributed by atoms with van der Waals surface area (Å²) in [4.78, 5) is 22.0. The minimum atomic E-state index is -0.327. The first-order valence-corrected chi connectivity index (χ1v) is 9.70. The number of cyclic esters (lactones) is 2. The number of aliphatic hydroxyl groups excluding tert-OH is 2. The fourth-order valence-corrected chi connectivity index (χ4v) is 3.66. The Labute approximate surface area is 149 Å². The SMILES string of the molecule is O=C1CC(CCCC(O)CCCC(O)CCCC2COC(=O)C2)CO1. The largest absolute Gasteiger partial charge is 0.465 e. The highest BCUT2D eigenvalue weighted by Gasteiger charge is 2.24. The van der Waals surface area contributed by atoms with Gasteiger partial charge in [-0.05, 0) is 44.9 Å². The van der Waals surface area contributed by atoms with Crippen LogP contribution in [0.5, 0.6) is 0 Å². The van der Waals surface area contributed by atoms with Gasteiger partial charge in [0, 0.05) is 11.8 Å². The second-order valence-electron chi connectivity index (χ2n) is 7.61. The topological polar surface area (TPSA) is 93.1 Å². The van der Waals surface area contributed by atoms with E-state index in [9.17, 15) is 19.8 Å². The second kappa shape index (κ2) is 10.8. The molecule has 2 fully saturated rings. The molecule has 6 heteroatoms.